The van der Waals surface area contributed by atoms with Crippen LogP contribution < -0.4 is 5.56 Å². The van der Waals surface area contributed by atoms with Crippen LogP contribution in [0.15, 0.2) is 23.1 Å². The van der Waals surface area contributed by atoms with Gasteiger partial charge in [0.15, 0.2) is 5.82 Å². The van der Waals surface area contributed by atoms with E-state index in [4.69, 9.17) is 5.11 Å². The molecule has 2 heterocycles. The van der Waals surface area contributed by atoms with Gasteiger partial charge in [0.25, 0.3) is 5.56 Å². The molecule has 2 aromatic rings. The van der Waals surface area contributed by atoms with Crippen molar-refractivity contribution in [1.82, 2.24) is 24.8 Å². The fourth-order valence-electron chi connectivity index (χ4n) is 2.16. The minimum atomic E-state index is -0.904. The number of carboxylic acid groups (broad SMARTS) is 1. The second-order valence-corrected chi connectivity index (χ2v) is 4.85. The average molecular weight is 291 g/mol. The molecule has 0 spiro atoms. The molecule has 0 aliphatic heterocycles. The van der Waals surface area contributed by atoms with Crippen molar-refractivity contribution in [3.8, 4) is 11.4 Å². The van der Waals surface area contributed by atoms with Gasteiger partial charge in [-0.25, -0.2) is 4.68 Å². The first-order valence-electron chi connectivity index (χ1n) is 6.69. The molecule has 0 aliphatic rings. The maximum atomic E-state index is 11.7. The molecule has 112 valence electrons. The third-order valence-corrected chi connectivity index (χ3v) is 3.23. The fraction of sp³-hybridized carbons (Fsp3) is 0.462. The molecular formula is C13H17N5O3. The van der Waals surface area contributed by atoms with Crippen LogP contribution in [0.3, 0.4) is 0 Å². The summed E-state index contributed by atoms with van der Waals surface area (Å²) in [6.07, 6.45) is 3.03. The van der Waals surface area contributed by atoms with Gasteiger partial charge >= 0.3 is 5.97 Å². The van der Waals surface area contributed by atoms with Gasteiger partial charge in [0.2, 0.25) is 0 Å². The standard InChI is InChI=1S/C13H17N5O3/c1-3-4-10(8-12(20)21)18-13(14-15-16-18)9-5-6-17(2)11(19)7-9/h5-7,10H,3-4,8H2,1-2H3,(H,20,21). The summed E-state index contributed by atoms with van der Waals surface area (Å²) in [4.78, 5) is 22.7. The summed E-state index contributed by atoms with van der Waals surface area (Å²) >= 11 is 0. The van der Waals surface area contributed by atoms with E-state index in [1.165, 1.54) is 15.3 Å². The molecule has 0 aliphatic carbocycles. The molecule has 1 atom stereocenters. The number of hydrogen-bond acceptors (Lipinski definition) is 5. The Balaban J connectivity index is 2.42. The van der Waals surface area contributed by atoms with Crippen molar-refractivity contribution in [2.24, 2.45) is 7.05 Å². The number of aliphatic carboxylic acids is 1. The van der Waals surface area contributed by atoms with Crippen LogP contribution in [0.25, 0.3) is 11.4 Å². The summed E-state index contributed by atoms with van der Waals surface area (Å²) < 4.78 is 2.94. The maximum Gasteiger partial charge on any atom is 0.305 e. The van der Waals surface area contributed by atoms with Crippen LogP contribution in [0.2, 0.25) is 0 Å². The lowest BCUT2D eigenvalue weighted by molar-refractivity contribution is -0.138. The highest BCUT2D eigenvalue weighted by Crippen LogP contribution is 2.23. The highest BCUT2D eigenvalue weighted by Gasteiger charge is 2.20. The molecule has 0 fully saturated rings. The van der Waals surface area contributed by atoms with Crippen molar-refractivity contribution in [3.05, 3.63) is 28.7 Å². The number of nitrogens with zero attached hydrogens (tertiary/aromatic N) is 5. The SMILES string of the molecule is CCCC(CC(=O)O)n1nnnc1-c1ccn(C)c(=O)c1. The van der Waals surface area contributed by atoms with Gasteiger partial charge in [0.1, 0.15) is 0 Å². The van der Waals surface area contributed by atoms with Crippen LogP contribution >= 0.6 is 0 Å². The second-order valence-electron chi connectivity index (χ2n) is 4.85. The van der Waals surface area contributed by atoms with Gasteiger partial charge in [-0.15, -0.1) is 5.10 Å². The fourth-order valence-corrected chi connectivity index (χ4v) is 2.16. The number of rotatable bonds is 6. The monoisotopic (exact) mass is 291 g/mol. The highest BCUT2D eigenvalue weighted by atomic mass is 16.4. The molecule has 0 saturated heterocycles. The first-order chi connectivity index (χ1) is 10.0. The summed E-state index contributed by atoms with van der Waals surface area (Å²) in [5.74, 6) is -0.494. The second kappa shape index (κ2) is 6.29. The van der Waals surface area contributed by atoms with Crippen molar-refractivity contribution in [1.29, 1.82) is 0 Å². The van der Waals surface area contributed by atoms with Gasteiger partial charge in [-0.1, -0.05) is 13.3 Å². The summed E-state index contributed by atoms with van der Waals surface area (Å²) in [6.45, 7) is 1.97. The Morgan fingerprint density at radius 2 is 2.24 bits per heavy atom. The van der Waals surface area contributed by atoms with Crippen LogP contribution in [0.4, 0.5) is 0 Å². The Kier molecular flexibility index (Phi) is 4.46. The van der Waals surface area contributed by atoms with Crippen molar-refractivity contribution < 1.29 is 9.90 Å². The summed E-state index contributed by atoms with van der Waals surface area (Å²) in [6, 6.07) is 2.83. The van der Waals surface area contributed by atoms with E-state index in [1.807, 2.05) is 6.92 Å². The van der Waals surface area contributed by atoms with E-state index >= 15 is 0 Å². The molecule has 21 heavy (non-hydrogen) atoms. The molecule has 0 amide bonds. The quantitative estimate of drug-likeness (QED) is 0.846. The Morgan fingerprint density at radius 1 is 1.48 bits per heavy atom. The van der Waals surface area contributed by atoms with Gasteiger partial charge in [0, 0.05) is 24.9 Å². The predicted octanol–water partition coefficient (Wildman–Crippen LogP) is 0.855. The molecule has 2 rings (SSSR count). The third kappa shape index (κ3) is 3.33. The van der Waals surface area contributed by atoms with Crippen LogP contribution in [0.5, 0.6) is 0 Å². The molecule has 2 aromatic heterocycles. The lowest BCUT2D eigenvalue weighted by Gasteiger charge is -2.15. The molecular weight excluding hydrogens is 274 g/mol. The van der Waals surface area contributed by atoms with E-state index in [9.17, 15) is 9.59 Å². The molecule has 0 saturated carbocycles. The minimum Gasteiger partial charge on any atom is -0.481 e. The number of pyridine rings is 1. The van der Waals surface area contributed by atoms with Crippen LogP contribution in [-0.4, -0.2) is 35.9 Å². The lowest BCUT2D eigenvalue weighted by atomic mass is 10.1. The Hall–Kier alpha value is -2.51. The van der Waals surface area contributed by atoms with Crippen molar-refractivity contribution in [2.75, 3.05) is 0 Å². The number of carboxylic acids is 1. The third-order valence-electron chi connectivity index (χ3n) is 3.23. The van der Waals surface area contributed by atoms with Crippen molar-refractivity contribution in [3.63, 3.8) is 0 Å². The van der Waals surface area contributed by atoms with E-state index in [2.05, 4.69) is 15.5 Å². The van der Waals surface area contributed by atoms with Gasteiger partial charge in [-0.3, -0.25) is 9.59 Å². The molecule has 0 radical (unpaired) electrons. The zero-order valence-electron chi connectivity index (χ0n) is 11.9. The van der Waals surface area contributed by atoms with E-state index in [0.717, 1.165) is 6.42 Å². The largest absolute Gasteiger partial charge is 0.481 e. The van der Waals surface area contributed by atoms with Gasteiger partial charge in [-0.2, -0.15) is 0 Å². The molecule has 1 N–H and O–H groups in total. The highest BCUT2D eigenvalue weighted by molar-refractivity contribution is 5.67. The smallest absolute Gasteiger partial charge is 0.305 e. The van der Waals surface area contributed by atoms with Gasteiger partial charge in [0.05, 0.1) is 12.5 Å². The summed E-state index contributed by atoms with van der Waals surface area (Å²) in [5.41, 5.74) is 0.405. The van der Waals surface area contributed by atoms with Crippen LogP contribution in [0.1, 0.15) is 32.2 Å². The Bertz CT molecular complexity index is 691. The van der Waals surface area contributed by atoms with E-state index < -0.39 is 5.97 Å². The summed E-state index contributed by atoms with van der Waals surface area (Å²) in [5, 5.41) is 20.5. The Morgan fingerprint density at radius 3 is 2.86 bits per heavy atom. The molecule has 1 unspecified atom stereocenters. The number of carbonyl (C=O) groups is 1. The van der Waals surface area contributed by atoms with E-state index in [-0.39, 0.29) is 18.0 Å². The first-order valence-corrected chi connectivity index (χ1v) is 6.69. The normalized spacial score (nSPS) is 12.3. The van der Waals surface area contributed by atoms with E-state index in [1.54, 1.807) is 19.3 Å². The van der Waals surface area contributed by atoms with Gasteiger partial charge < -0.3 is 9.67 Å². The molecule has 0 bridgehead atoms. The first kappa shape index (κ1) is 14.9. The molecule has 8 heteroatoms. The lowest BCUT2D eigenvalue weighted by Crippen LogP contribution is -2.18. The zero-order valence-corrected chi connectivity index (χ0v) is 11.9. The average Bonchev–Trinajstić information content (AvgIpc) is 2.90. The van der Waals surface area contributed by atoms with E-state index in [0.29, 0.717) is 17.8 Å². The predicted molar refractivity (Wildman–Crippen MR) is 74.7 cm³/mol. The van der Waals surface area contributed by atoms with Gasteiger partial charge in [-0.05, 0) is 22.9 Å². The zero-order chi connectivity index (χ0) is 15.4. The molecule has 0 aromatic carbocycles. The number of tetrazole rings is 1. The minimum absolute atomic E-state index is 0.0588. The topological polar surface area (TPSA) is 103 Å². The van der Waals surface area contributed by atoms with Crippen LogP contribution in [-0.2, 0) is 11.8 Å². The molecule has 8 nitrogen and oxygen atoms in total. The van der Waals surface area contributed by atoms with Crippen molar-refractivity contribution in [2.45, 2.75) is 32.2 Å². The van der Waals surface area contributed by atoms with Crippen molar-refractivity contribution >= 4 is 5.97 Å². The maximum absolute atomic E-state index is 11.7. The number of aromatic nitrogens is 5. The number of aryl methyl sites for hydroxylation is 1. The summed E-state index contributed by atoms with van der Waals surface area (Å²) in [7, 11) is 1.65. The Labute approximate surface area is 121 Å². The number of hydrogen-bond donors (Lipinski definition) is 1. The van der Waals surface area contributed by atoms with Crippen LogP contribution in [0, 0.1) is 0 Å².